The molecule has 1 aromatic carbocycles. The van der Waals surface area contributed by atoms with Crippen LogP contribution in [0.1, 0.15) is 70.9 Å². The molecule has 0 atom stereocenters. The Labute approximate surface area is 175 Å². The van der Waals surface area contributed by atoms with E-state index in [1.807, 2.05) is 12.1 Å². The van der Waals surface area contributed by atoms with E-state index in [-0.39, 0.29) is 12.5 Å². The molecule has 0 radical (unpaired) electrons. The summed E-state index contributed by atoms with van der Waals surface area (Å²) in [7, 11) is 1.46. The molecule has 0 aromatic heterocycles. The van der Waals surface area contributed by atoms with Crippen LogP contribution in [0, 0.1) is 0 Å². The van der Waals surface area contributed by atoms with Crippen LogP contribution in [0.25, 0.3) is 0 Å². The highest BCUT2D eigenvalue weighted by atomic mass is 16.5. The average Bonchev–Trinajstić information content (AvgIpc) is 2.65. The molecule has 1 aromatic rings. The highest BCUT2D eigenvalue weighted by Crippen LogP contribution is 2.32. The number of ether oxygens (including phenoxy) is 1. The Morgan fingerprint density at radius 3 is 2.52 bits per heavy atom. The SMILES string of the molecule is CCCCCc1cc(O)c(CC=C(C)CCC=C(C)C)c(OCN(C)C(=O)O)c1. The minimum atomic E-state index is -1.05. The maximum absolute atomic E-state index is 11.1. The Balaban J connectivity index is 2.99. The zero-order valence-corrected chi connectivity index (χ0v) is 18.6. The van der Waals surface area contributed by atoms with Crippen molar-refractivity contribution in [1.29, 1.82) is 0 Å². The van der Waals surface area contributed by atoms with Gasteiger partial charge in [-0.15, -0.1) is 0 Å². The van der Waals surface area contributed by atoms with E-state index in [4.69, 9.17) is 9.84 Å². The van der Waals surface area contributed by atoms with Gasteiger partial charge in [-0.05, 0) is 70.6 Å². The Hall–Kier alpha value is -2.43. The number of allylic oxidation sites excluding steroid dienone is 4. The van der Waals surface area contributed by atoms with Crippen LogP contribution >= 0.6 is 0 Å². The first kappa shape index (κ1) is 24.6. The van der Waals surface area contributed by atoms with Crippen molar-refractivity contribution >= 4 is 6.09 Å². The molecule has 2 N–H and O–H groups in total. The molecule has 0 aliphatic carbocycles. The predicted octanol–water partition coefficient (Wildman–Crippen LogP) is 6.31. The largest absolute Gasteiger partial charge is 0.508 e. The second-order valence-electron chi connectivity index (χ2n) is 7.88. The summed E-state index contributed by atoms with van der Waals surface area (Å²) in [6.07, 6.45) is 9.98. The van der Waals surface area contributed by atoms with Crippen molar-refractivity contribution in [2.45, 2.75) is 72.6 Å². The lowest BCUT2D eigenvalue weighted by Crippen LogP contribution is -2.29. The van der Waals surface area contributed by atoms with Crippen molar-refractivity contribution in [3.63, 3.8) is 0 Å². The number of carbonyl (C=O) groups is 1. The van der Waals surface area contributed by atoms with Gasteiger partial charge in [0.05, 0.1) is 0 Å². The Bertz CT molecular complexity index is 718. The number of phenols is 1. The lowest BCUT2D eigenvalue weighted by molar-refractivity contribution is 0.114. The monoisotopic (exact) mass is 403 g/mol. The highest BCUT2D eigenvalue weighted by molar-refractivity contribution is 5.64. The van der Waals surface area contributed by atoms with Gasteiger partial charge in [0.25, 0.3) is 0 Å². The predicted molar refractivity (Wildman–Crippen MR) is 119 cm³/mol. The van der Waals surface area contributed by atoms with E-state index in [9.17, 15) is 9.90 Å². The van der Waals surface area contributed by atoms with Crippen LogP contribution in [0.15, 0.2) is 35.4 Å². The molecule has 0 saturated heterocycles. The molecule has 1 amide bonds. The number of amides is 1. The number of hydrogen-bond acceptors (Lipinski definition) is 3. The summed E-state index contributed by atoms with van der Waals surface area (Å²) in [6.45, 7) is 8.36. The van der Waals surface area contributed by atoms with Crippen molar-refractivity contribution in [3.05, 3.63) is 46.6 Å². The van der Waals surface area contributed by atoms with Gasteiger partial charge >= 0.3 is 6.09 Å². The van der Waals surface area contributed by atoms with Gasteiger partial charge in [0.15, 0.2) is 6.73 Å². The molecule has 1 rings (SSSR count). The van der Waals surface area contributed by atoms with Gasteiger partial charge in [0, 0.05) is 12.6 Å². The first-order valence-electron chi connectivity index (χ1n) is 10.4. The minimum absolute atomic E-state index is 0.0799. The molecule has 162 valence electrons. The zero-order valence-electron chi connectivity index (χ0n) is 18.6. The van der Waals surface area contributed by atoms with E-state index < -0.39 is 6.09 Å². The molecule has 0 fully saturated rings. The standard InChI is InChI=1S/C24H37NO4/c1-6-7-8-12-20-15-22(26)21(14-13-19(4)11-9-10-18(2)3)23(16-20)29-17-25(5)24(27)28/h10,13,15-16,26H,6-9,11-12,14,17H2,1-5H3,(H,27,28). The van der Waals surface area contributed by atoms with Gasteiger partial charge in [0.2, 0.25) is 0 Å². The normalized spacial score (nSPS) is 11.3. The van der Waals surface area contributed by atoms with E-state index in [1.54, 1.807) is 0 Å². The van der Waals surface area contributed by atoms with E-state index in [2.05, 4.69) is 39.8 Å². The molecule has 0 spiro atoms. The Morgan fingerprint density at radius 1 is 1.17 bits per heavy atom. The zero-order chi connectivity index (χ0) is 21.8. The molecular formula is C24H37NO4. The summed E-state index contributed by atoms with van der Waals surface area (Å²) in [5, 5.41) is 19.7. The molecule has 0 aliphatic heterocycles. The fourth-order valence-corrected chi connectivity index (χ4v) is 2.93. The second kappa shape index (κ2) is 12.9. The summed E-state index contributed by atoms with van der Waals surface area (Å²) in [4.78, 5) is 12.1. The summed E-state index contributed by atoms with van der Waals surface area (Å²) in [6, 6.07) is 3.75. The van der Waals surface area contributed by atoms with Gasteiger partial charge in [-0.1, -0.05) is 43.1 Å². The van der Waals surface area contributed by atoms with E-state index >= 15 is 0 Å². The lowest BCUT2D eigenvalue weighted by atomic mass is 10.00. The first-order valence-corrected chi connectivity index (χ1v) is 10.4. The number of unbranched alkanes of at least 4 members (excludes halogenated alkanes) is 2. The molecule has 0 saturated carbocycles. The van der Waals surface area contributed by atoms with E-state index in [0.29, 0.717) is 17.7 Å². The third kappa shape index (κ3) is 9.55. The van der Waals surface area contributed by atoms with Crippen LogP contribution in [0.3, 0.4) is 0 Å². The molecular weight excluding hydrogens is 366 g/mol. The van der Waals surface area contributed by atoms with Gasteiger partial charge < -0.3 is 14.9 Å². The first-order chi connectivity index (χ1) is 13.7. The van der Waals surface area contributed by atoms with Gasteiger partial charge in [-0.2, -0.15) is 0 Å². The number of benzene rings is 1. The van der Waals surface area contributed by atoms with Crippen molar-refractivity contribution in [1.82, 2.24) is 4.90 Å². The maximum Gasteiger partial charge on any atom is 0.409 e. The molecule has 0 bridgehead atoms. The van der Waals surface area contributed by atoms with Gasteiger partial charge in [-0.25, -0.2) is 4.79 Å². The Morgan fingerprint density at radius 2 is 1.90 bits per heavy atom. The second-order valence-corrected chi connectivity index (χ2v) is 7.88. The van der Waals surface area contributed by atoms with Crippen LogP contribution in [-0.4, -0.2) is 35.0 Å². The molecule has 0 unspecified atom stereocenters. The summed E-state index contributed by atoms with van der Waals surface area (Å²) in [5.41, 5.74) is 4.27. The molecule has 5 heteroatoms. The van der Waals surface area contributed by atoms with Crippen molar-refractivity contribution < 1.29 is 19.7 Å². The van der Waals surface area contributed by atoms with Gasteiger partial charge in [-0.3, -0.25) is 4.90 Å². The molecule has 0 heterocycles. The number of hydrogen-bond donors (Lipinski definition) is 2. The topological polar surface area (TPSA) is 70.0 Å². The molecule has 5 nitrogen and oxygen atoms in total. The maximum atomic E-state index is 11.1. The number of phenolic OH excluding ortho intramolecular Hbond substituents is 1. The lowest BCUT2D eigenvalue weighted by Gasteiger charge is -2.18. The smallest absolute Gasteiger partial charge is 0.409 e. The van der Waals surface area contributed by atoms with Crippen molar-refractivity contribution in [2.75, 3.05) is 13.8 Å². The molecule has 0 aliphatic rings. The van der Waals surface area contributed by atoms with Crippen LogP contribution in [0.4, 0.5) is 4.79 Å². The average molecular weight is 404 g/mol. The van der Waals surface area contributed by atoms with Crippen LogP contribution in [0.5, 0.6) is 11.5 Å². The fraction of sp³-hybridized carbons (Fsp3) is 0.542. The summed E-state index contributed by atoms with van der Waals surface area (Å²) < 4.78 is 5.78. The van der Waals surface area contributed by atoms with E-state index in [1.165, 1.54) is 18.2 Å². The van der Waals surface area contributed by atoms with E-state index in [0.717, 1.165) is 49.0 Å². The fourth-order valence-electron chi connectivity index (χ4n) is 2.93. The third-order valence-corrected chi connectivity index (χ3v) is 4.80. The molecule has 29 heavy (non-hydrogen) atoms. The summed E-state index contributed by atoms with van der Waals surface area (Å²) >= 11 is 0. The summed E-state index contributed by atoms with van der Waals surface area (Å²) in [5.74, 6) is 0.762. The van der Waals surface area contributed by atoms with Crippen LogP contribution in [0.2, 0.25) is 0 Å². The van der Waals surface area contributed by atoms with Crippen molar-refractivity contribution in [2.24, 2.45) is 0 Å². The number of nitrogens with zero attached hydrogens (tertiary/aromatic N) is 1. The Kier molecular flexibility index (Phi) is 11.0. The third-order valence-electron chi connectivity index (χ3n) is 4.80. The van der Waals surface area contributed by atoms with Crippen molar-refractivity contribution in [3.8, 4) is 11.5 Å². The number of aryl methyl sites for hydroxylation is 1. The number of rotatable bonds is 12. The quantitative estimate of drug-likeness (QED) is 0.244. The van der Waals surface area contributed by atoms with Crippen LogP contribution < -0.4 is 4.74 Å². The van der Waals surface area contributed by atoms with Crippen LogP contribution in [-0.2, 0) is 12.8 Å². The van der Waals surface area contributed by atoms with Gasteiger partial charge in [0.1, 0.15) is 11.5 Å². The number of carboxylic acid groups (broad SMARTS) is 1. The number of aromatic hydroxyl groups is 1. The minimum Gasteiger partial charge on any atom is -0.508 e. The highest BCUT2D eigenvalue weighted by Gasteiger charge is 2.13.